The Morgan fingerprint density at radius 3 is 2.47 bits per heavy atom. The van der Waals surface area contributed by atoms with Crippen LogP contribution in [0.15, 0.2) is 0 Å². The Labute approximate surface area is 93.2 Å². The van der Waals surface area contributed by atoms with Crippen molar-refractivity contribution in [2.45, 2.75) is 70.7 Å². The average molecular weight is 215 g/mol. The first-order valence-corrected chi connectivity index (χ1v) is 5.95. The summed E-state index contributed by atoms with van der Waals surface area (Å²) in [5.74, 6) is 0. The molecule has 0 unspecified atom stereocenters. The zero-order valence-corrected chi connectivity index (χ0v) is 10.4. The number of ether oxygens (including phenoxy) is 1. The fraction of sp³-hybridized carbons (Fsp3) is 1.00. The van der Waals surface area contributed by atoms with Crippen LogP contribution in [0.1, 0.15) is 47.0 Å². The lowest BCUT2D eigenvalue weighted by molar-refractivity contribution is -0.103. The van der Waals surface area contributed by atoms with E-state index in [2.05, 4.69) is 33.0 Å². The van der Waals surface area contributed by atoms with Crippen LogP contribution in [0.3, 0.4) is 0 Å². The summed E-state index contributed by atoms with van der Waals surface area (Å²) >= 11 is 0. The summed E-state index contributed by atoms with van der Waals surface area (Å²) in [4.78, 5) is 0. The van der Waals surface area contributed by atoms with E-state index < -0.39 is 0 Å². The Morgan fingerprint density at radius 1 is 1.40 bits per heavy atom. The van der Waals surface area contributed by atoms with E-state index in [0.717, 1.165) is 19.3 Å². The van der Waals surface area contributed by atoms with Crippen molar-refractivity contribution < 1.29 is 9.84 Å². The molecule has 0 aromatic heterocycles. The van der Waals surface area contributed by atoms with Gasteiger partial charge in [-0.1, -0.05) is 0 Å². The molecular weight excluding hydrogens is 190 g/mol. The summed E-state index contributed by atoms with van der Waals surface area (Å²) in [6.07, 6.45) is 3.46. The summed E-state index contributed by atoms with van der Waals surface area (Å²) in [7, 11) is 0. The van der Waals surface area contributed by atoms with Crippen molar-refractivity contribution in [3.63, 3.8) is 0 Å². The van der Waals surface area contributed by atoms with Crippen molar-refractivity contribution >= 4 is 0 Å². The van der Waals surface area contributed by atoms with Gasteiger partial charge in [-0.25, -0.2) is 0 Å². The predicted molar refractivity (Wildman–Crippen MR) is 61.9 cm³/mol. The second-order valence-corrected chi connectivity index (χ2v) is 5.60. The molecule has 1 rings (SSSR count). The van der Waals surface area contributed by atoms with Crippen LogP contribution in [0.5, 0.6) is 0 Å². The second kappa shape index (κ2) is 5.28. The number of hydrogen-bond acceptors (Lipinski definition) is 3. The molecule has 0 amide bonds. The van der Waals surface area contributed by atoms with E-state index in [0.29, 0.717) is 18.2 Å². The molecule has 3 heteroatoms. The van der Waals surface area contributed by atoms with Crippen LogP contribution < -0.4 is 5.32 Å². The van der Waals surface area contributed by atoms with Crippen LogP contribution in [0.4, 0.5) is 0 Å². The van der Waals surface area contributed by atoms with Gasteiger partial charge >= 0.3 is 0 Å². The van der Waals surface area contributed by atoms with Crippen molar-refractivity contribution in [2.75, 3.05) is 6.61 Å². The second-order valence-electron chi connectivity index (χ2n) is 5.60. The number of hydrogen-bond donors (Lipinski definition) is 2. The van der Waals surface area contributed by atoms with E-state index in [1.165, 1.54) is 0 Å². The van der Waals surface area contributed by atoms with Crippen molar-refractivity contribution in [3.05, 3.63) is 0 Å². The van der Waals surface area contributed by atoms with Gasteiger partial charge in [0.25, 0.3) is 0 Å². The molecule has 0 aromatic carbocycles. The fourth-order valence-corrected chi connectivity index (χ4v) is 1.98. The molecule has 0 bridgehead atoms. The summed E-state index contributed by atoms with van der Waals surface area (Å²) in [6, 6.07) is 0.995. The summed E-state index contributed by atoms with van der Waals surface area (Å²) in [5.41, 5.74) is -0.0215. The first-order valence-electron chi connectivity index (χ1n) is 5.95. The molecule has 0 aliphatic heterocycles. The highest BCUT2D eigenvalue weighted by atomic mass is 16.5. The van der Waals surface area contributed by atoms with Gasteiger partial charge in [-0.3, -0.25) is 0 Å². The molecule has 1 atom stereocenters. The molecule has 1 aliphatic rings. The monoisotopic (exact) mass is 215 g/mol. The molecule has 1 saturated carbocycles. The van der Waals surface area contributed by atoms with Gasteiger partial charge in [-0.15, -0.1) is 0 Å². The first-order chi connectivity index (χ1) is 6.90. The van der Waals surface area contributed by atoms with Crippen LogP contribution in [0, 0.1) is 0 Å². The molecule has 0 aromatic rings. The number of nitrogens with one attached hydrogen (secondary N) is 1. The Hall–Kier alpha value is -0.120. The Morgan fingerprint density at radius 2 is 2.00 bits per heavy atom. The average Bonchev–Trinajstić information content (AvgIpc) is 1.98. The van der Waals surface area contributed by atoms with Crippen molar-refractivity contribution in [3.8, 4) is 0 Å². The Bertz CT molecular complexity index is 183. The van der Waals surface area contributed by atoms with Gasteiger partial charge in [0, 0.05) is 18.7 Å². The van der Waals surface area contributed by atoms with E-state index in [1.54, 1.807) is 0 Å². The van der Waals surface area contributed by atoms with E-state index in [4.69, 9.17) is 9.84 Å². The standard InChI is InChI=1S/C12H25NO2/c1-9(5-6-14)13-10-7-11(8-10)15-12(2,3)4/h9-11,13-14H,5-8H2,1-4H3/t9-,10?,11?/m1/s1. The van der Waals surface area contributed by atoms with Gasteiger partial charge in [0.15, 0.2) is 0 Å². The molecule has 1 fully saturated rings. The topological polar surface area (TPSA) is 41.5 Å². The molecule has 2 N–H and O–H groups in total. The molecule has 0 heterocycles. The lowest BCUT2D eigenvalue weighted by atomic mass is 9.88. The maximum atomic E-state index is 8.78. The Balaban J connectivity index is 2.10. The number of aliphatic hydroxyl groups is 1. The van der Waals surface area contributed by atoms with E-state index in [-0.39, 0.29) is 12.2 Å². The molecule has 0 radical (unpaired) electrons. The van der Waals surface area contributed by atoms with Gasteiger partial charge in [0.05, 0.1) is 11.7 Å². The third-order valence-electron chi connectivity index (χ3n) is 2.70. The molecule has 3 nitrogen and oxygen atoms in total. The quantitative estimate of drug-likeness (QED) is 0.733. The Kier molecular flexibility index (Phi) is 4.56. The molecule has 0 spiro atoms. The molecule has 1 aliphatic carbocycles. The third kappa shape index (κ3) is 4.96. The molecule has 90 valence electrons. The van der Waals surface area contributed by atoms with Crippen molar-refractivity contribution in [1.82, 2.24) is 5.32 Å². The highest BCUT2D eigenvalue weighted by Gasteiger charge is 2.33. The number of aliphatic hydroxyl groups excluding tert-OH is 1. The van der Waals surface area contributed by atoms with E-state index in [1.807, 2.05) is 0 Å². The highest BCUT2D eigenvalue weighted by molar-refractivity contribution is 4.88. The minimum Gasteiger partial charge on any atom is -0.396 e. The van der Waals surface area contributed by atoms with Crippen molar-refractivity contribution in [1.29, 1.82) is 0 Å². The van der Waals surface area contributed by atoms with Gasteiger partial charge in [-0.05, 0) is 47.0 Å². The van der Waals surface area contributed by atoms with Crippen LogP contribution in [0.2, 0.25) is 0 Å². The molecule has 0 saturated heterocycles. The van der Waals surface area contributed by atoms with E-state index in [9.17, 15) is 0 Å². The number of rotatable bonds is 5. The summed E-state index contributed by atoms with van der Waals surface area (Å²) < 4.78 is 5.86. The summed E-state index contributed by atoms with van der Waals surface area (Å²) in [5, 5.41) is 12.3. The van der Waals surface area contributed by atoms with Gasteiger partial charge < -0.3 is 15.2 Å². The predicted octanol–water partition coefficient (Wildman–Crippen LogP) is 1.69. The fourth-order valence-electron chi connectivity index (χ4n) is 1.98. The van der Waals surface area contributed by atoms with Gasteiger partial charge in [0.1, 0.15) is 0 Å². The highest BCUT2D eigenvalue weighted by Crippen LogP contribution is 2.28. The lowest BCUT2D eigenvalue weighted by Gasteiger charge is -2.40. The first kappa shape index (κ1) is 12.9. The van der Waals surface area contributed by atoms with Gasteiger partial charge in [-0.2, -0.15) is 0 Å². The zero-order valence-electron chi connectivity index (χ0n) is 10.4. The van der Waals surface area contributed by atoms with Gasteiger partial charge in [0.2, 0.25) is 0 Å². The van der Waals surface area contributed by atoms with Crippen LogP contribution >= 0.6 is 0 Å². The summed E-state index contributed by atoms with van der Waals surface area (Å²) in [6.45, 7) is 8.68. The lowest BCUT2D eigenvalue weighted by Crippen LogP contribution is -2.50. The van der Waals surface area contributed by atoms with E-state index >= 15 is 0 Å². The SMILES string of the molecule is C[C@H](CCO)NC1CC(OC(C)(C)C)C1. The molecule has 15 heavy (non-hydrogen) atoms. The molecular formula is C12H25NO2. The van der Waals surface area contributed by atoms with Crippen LogP contribution in [0.25, 0.3) is 0 Å². The third-order valence-corrected chi connectivity index (χ3v) is 2.70. The van der Waals surface area contributed by atoms with Crippen molar-refractivity contribution in [2.24, 2.45) is 0 Å². The minimum atomic E-state index is -0.0215. The maximum absolute atomic E-state index is 8.78. The normalized spacial score (nSPS) is 28.6. The van der Waals surface area contributed by atoms with Crippen LogP contribution in [-0.2, 0) is 4.74 Å². The maximum Gasteiger partial charge on any atom is 0.0612 e. The zero-order chi connectivity index (χ0) is 11.5. The largest absolute Gasteiger partial charge is 0.396 e. The van der Waals surface area contributed by atoms with Crippen LogP contribution in [-0.4, -0.2) is 35.5 Å². The minimum absolute atomic E-state index is 0.0215. The smallest absolute Gasteiger partial charge is 0.0612 e.